The van der Waals surface area contributed by atoms with Gasteiger partial charge in [0, 0.05) is 25.2 Å². The lowest BCUT2D eigenvalue weighted by molar-refractivity contribution is 0.122. The van der Waals surface area contributed by atoms with E-state index < -0.39 is 0 Å². The maximum atomic E-state index is 5.41. The number of hydrogen-bond acceptors (Lipinski definition) is 5. The first-order chi connectivity index (χ1) is 12.0. The molecule has 0 bridgehead atoms. The molecular formula is C20H28N4O. The summed E-state index contributed by atoms with van der Waals surface area (Å²) in [6.07, 6.45) is 2.66. The van der Waals surface area contributed by atoms with Crippen LogP contribution in [-0.4, -0.2) is 42.3 Å². The third-order valence-corrected chi connectivity index (χ3v) is 4.75. The number of nitrogens with one attached hydrogen (secondary N) is 1. The van der Waals surface area contributed by atoms with Gasteiger partial charge < -0.3 is 15.0 Å². The SMILES string of the molecule is CC(CC(C)(C)c1ccccc1)Nc1cc(N2CCOCC2)ncn1. The fourth-order valence-corrected chi connectivity index (χ4v) is 3.47. The first kappa shape index (κ1) is 17.7. The van der Waals surface area contributed by atoms with E-state index in [1.807, 2.05) is 6.07 Å². The van der Waals surface area contributed by atoms with Crippen molar-refractivity contribution in [3.63, 3.8) is 0 Å². The molecule has 0 saturated carbocycles. The van der Waals surface area contributed by atoms with Crippen molar-refractivity contribution in [3.8, 4) is 0 Å². The van der Waals surface area contributed by atoms with Gasteiger partial charge in [-0.3, -0.25) is 0 Å². The molecule has 2 aromatic rings. The Balaban J connectivity index is 1.63. The van der Waals surface area contributed by atoms with Crippen LogP contribution in [0.5, 0.6) is 0 Å². The van der Waals surface area contributed by atoms with Crippen molar-refractivity contribution in [3.05, 3.63) is 48.3 Å². The largest absolute Gasteiger partial charge is 0.378 e. The second-order valence-corrected chi connectivity index (χ2v) is 7.36. The fraction of sp³-hybridized carbons (Fsp3) is 0.500. The van der Waals surface area contributed by atoms with Crippen LogP contribution in [0.1, 0.15) is 32.8 Å². The lowest BCUT2D eigenvalue weighted by Gasteiger charge is -2.30. The summed E-state index contributed by atoms with van der Waals surface area (Å²) in [6.45, 7) is 10.1. The first-order valence-electron chi connectivity index (χ1n) is 9.01. The molecule has 1 aliphatic heterocycles. The smallest absolute Gasteiger partial charge is 0.134 e. The number of ether oxygens (including phenoxy) is 1. The highest BCUT2D eigenvalue weighted by molar-refractivity contribution is 5.49. The maximum Gasteiger partial charge on any atom is 0.134 e. The summed E-state index contributed by atoms with van der Waals surface area (Å²) in [7, 11) is 0. The van der Waals surface area contributed by atoms with E-state index in [4.69, 9.17) is 4.74 Å². The van der Waals surface area contributed by atoms with Crippen LogP contribution < -0.4 is 10.2 Å². The maximum absolute atomic E-state index is 5.41. The van der Waals surface area contributed by atoms with E-state index in [2.05, 4.69) is 71.3 Å². The van der Waals surface area contributed by atoms with E-state index in [1.165, 1.54) is 5.56 Å². The molecule has 2 heterocycles. The van der Waals surface area contributed by atoms with Crippen LogP contribution >= 0.6 is 0 Å². The zero-order chi connectivity index (χ0) is 17.7. The van der Waals surface area contributed by atoms with E-state index in [1.54, 1.807) is 6.33 Å². The Labute approximate surface area is 150 Å². The van der Waals surface area contributed by atoms with E-state index in [0.717, 1.165) is 44.4 Å². The molecule has 5 nitrogen and oxygen atoms in total. The van der Waals surface area contributed by atoms with Crippen LogP contribution in [0.15, 0.2) is 42.7 Å². The second-order valence-electron chi connectivity index (χ2n) is 7.36. The van der Waals surface area contributed by atoms with Gasteiger partial charge in [0.05, 0.1) is 13.2 Å². The van der Waals surface area contributed by atoms with Crippen LogP contribution in [0, 0.1) is 0 Å². The summed E-state index contributed by atoms with van der Waals surface area (Å²) < 4.78 is 5.41. The standard InChI is InChI=1S/C20H28N4O/c1-16(14-20(2,3)17-7-5-4-6-8-17)23-18-13-19(22-15-21-18)24-9-11-25-12-10-24/h4-8,13,15-16H,9-12,14H2,1-3H3,(H,21,22,23). The number of rotatable bonds is 6. The quantitative estimate of drug-likeness (QED) is 0.872. The number of hydrogen-bond donors (Lipinski definition) is 1. The van der Waals surface area contributed by atoms with Crippen LogP contribution in [0.4, 0.5) is 11.6 Å². The Morgan fingerprint density at radius 2 is 1.88 bits per heavy atom. The minimum absolute atomic E-state index is 0.105. The molecule has 1 N–H and O–H groups in total. The Hall–Kier alpha value is -2.14. The van der Waals surface area contributed by atoms with E-state index in [9.17, 15) is 0 Å². The van der Waals surface area contributed by atoms with Crippen LogP contribution in [0.25, 0.3) is 0 Å². The van der Waals surface area contributed by atoms with Gasteiger partial charge in [-0.05, 0) is 24.3 Å². The van der Waals surface area contributed by atoms with Crippen LogP contribution in [0.3, 0.4) is 0 Å². The molecule has 1 aromatic heterocycles. The van der Waals surface area contributed by atoms with E-state index >= 15 is 0 Å². The molecule has 0 amide bonds. The normalized spacial score (nSPS) is 16.5. The van der Waals surface area contributed by atoms with Gasteiger partial charge in [0.15, 0.2) is 0 Å². The minimum Gasteiger partial charge on any atom is -0.378 e. The fourth-order valence-electron chi connectivity index (χ4n) is 3.47. The Morgan fingerprint density at radius 1 is 1.16 bits per heavy atom. The van der Waals surface area contributed by atoms with E-state index in [-0.39, 0.29) is 5.41 Å². The molecule has 1 unspecified atom stereocenters. The minimum atomic E-state index is 0.105. The van der Waals surface area contributed by atoms with Crippen LogP contribution in [-0.2, 0) is 10.2 Å². The van der Waals surface area contributed by atoms with Gasteiger partial charge in [0.2, 0.25) is 0 Å². The highest BCUT2D eigenvalue weighted by atomic mass is 16.5. The average Bonchev–Trinajstić information content (AvgIpc) is 2.63. The molecule has 1 atom stereocenters. The number of nitrogens with zero attached hydrogens (tertiary/aromatic N) is 3. The molecule has 0 spiro atoms. The molecular weight excluding hydrogens is 312 g/mol. The summed E-state index contributed by atoms with van der Waals surface area (Å²) >= 11 is 0. The highest BCUT2D eigenvalue weighted by Crippen LogP contribution is 2.29. The van der Waals surface area contributed by atoms with Crippen molar-refractivity contribution in [2.24, 2.45) is 0 Å². The summed E-state index contributed by atoms with van der Waals surface area (Å²) in [5, 5.41) is 3.54. The third-order valence-electron chi connectivity index (χ3n) is 4.75. The molecule has 0 aliphatic carbocycles. The van der Waals surface area contributed by atoms with Crippen LogP contribution in [0.2, 0.25) is 0 Å². The van der Waals surface area contributed by atoms with Gasteiger partial charge in [0.1, 0.15) is 18.0 Å². The van der Waals surface area contributed by atoms with Gasteiger partial charge in [-0.1, -0.05) is 44.2 Å². The molecule has 134 valence electrons. The van der Waals surface area contributed by atoms with Crippen molar-refractivity contribution in [1.82, 2.24) is 9.97 Å². The molecule has 1 aliphatic rings. The molecule has 0 radical (unpaired) electrons. The monoisotopic (exact) mass is 340 g/mol. The lowest BCUT2D eigenvalue weighted by Crippen LogP contribution is -2.36. The van der Waals surface area contributed by atoms with Crippen molar-refractivity contribution < 1.29 is 4.74 Å². The van der Waals surface area contributed by atoms with Gasteiger partial charge in [0.25, 0.3) is 0 Å². The number of benzene rings is 1. The number of morpholine rings is 1. The van der Waals surface area contributed by atoms with Gasteiger partial charge in [-0.2, -0.15) is 0 Å². The Bertz CT molecular complexity index is 668. The van der Waals surface area contributed by atoms with Gasteiger partial charge in [-0.25, -0.2) is 9.97 Å². The Kier molecular flexibility index (Phi) is 5.53. The summed E-state index contributed by atoms with van der Waals surface area (Å²) in [5.74, 6) is 1.85. The average molecular weight is 340 g/mol. The van der Waals surface area contributed by atoms with Crippen molar-refractivity contribution in [1.29, 1.82) is 0 Å². The number of anilines is 2. The first-order valence-corrected chi connectivity index (χ1v) is 9.01. The second kappa shape index (κ2) is 7.83. The molecule has 5 heteroatoms. The summed E-state index contributed by atoms with van der Waals surface area (Å²) in [6, 6.07) is 13.0. The topological polar surface area (TPSA) is 50.3 Å². The van der Waals surface area contributed by atoms with Crippen molar-refractivity contribution in [2.45, 2.75) is 38.6 Å². The highest BCUT2D eigenvalue weighted by Gasteiger charge is 2.23. The molecule has 1 aromatic carbocycles. The molecule has 25 heavy (non-hydrogen) atoms. The molecule has 1 fully saturated rings. The van der Waals surface area contributed by atoms with Gasteiger partial charge >= 0.3 is 0 Å². The summed E-state index contributed by atoms with van der Waals surface area (Å²) in [4.78, 5) is 11.1. The van der Waals surface area contributed by atoms with Gasteiger partial charge in [-0.15, -0.1) is 0 Å². The number of aromatic nitrogens is 2. The Morgan fingerprint density at radius 3 is 2.60 bits per heavy atom. The zero-order valence-corrected chi connectivity index (χ0v) is 15.4. The molecule has 3 rings (SSSR count). The van der Waals surface area contributed by atoms with E-state index in [0.29, 0.717) is 6.04 Å². The third kappa shape index (κ3) is 4.69. The molecule has 1 saturated heterocycles. The predicted octanol–water partition coefficient (Wildman–Crippen LogP) is 3.48. The van der Waals surface area contributed by atoms with Crippen molar-refractivity contribution in [2.75, 3.05) is 36.5 Å². The van der Waals surface area contributed by atoms with Crippen molar-refractivity contribution >= 4 is 11.6 Å². The zero-order valence-electron chi connectivity index (χ0n) is 15.4. The predicted molar refractivity (Wildman–Crippen MR) is 102 cm³/mol. The summed E-state index contributed by atoms with van der Waals surface area (Å²) in [5.41, 5.74) is 1.47. The lowest BCUT2D eigenvalue weighted by atomic mass is 9.79.